The van der Waals surface area contributed by atoms with Gasteiger partial charge in [-0.1, -0.05) is 38.8 Å². The summed E-state index contributed by atoms with van der Waals surface area (Å²) in [6.07, 6.45) is 13.2. The SMILES string of the molecule is CC(C)(CO)C1OC2CCCCC2C2C=CCCC21. The normalized spacial score (nSPS) is 42.6. The molecule has 5 atom stereocenters. The van der Waals surface area contributed by atoms with E-state index in [9.17, 15) is 5.11 Å². The van der Waals surface area contributed by atoms with Crippen LogP contribution in [0, 0.1) is 23.2 Å². The molecule has 0 aromatic rings. The maximum atomic E-state index is 9.73. The number of rotatable bonds is 2. The lowest BCUT2D eigenvalue weighted by molar-refractivity contribution is -0.195. The first-order valence-electron chi connectivity index (χ1n) is 8.06. The molecular formula is C17H28O2. The van der Waals surface area contributed by atoms with E-state index in [-0.39, 0.29) is 18.1 Å². The molecule has 1 heterocycles. The van der Waals surface area contributed by atoms with Crippen LogP contribution in [0.2, 0.25) is 0 Å². The van der Waals surface area contributed by atoms with Crippen molar-refractivity contribution in [2.24, 2.45) is 23.2 Å². The van der Waals surface area contributed by atoms with Crippen molar-refractivity contribution < 1.29 is 9.84 Å². The Morgan fingerprint density at radius 2 is 1.95 bits per heavy atom. The molecule has 0 aromatic carbocycles. The van der Waals surface area contributed by atoms with Gasteiger partial charge in [0.25, 0.3) is 0 Å². The highest BCUT2D eigenvalue weighted by Gasteiger charge is 2.49. The number of fused-ring (bicyclic) bond motifs is 3. The fraction of sp³-hybridized carbons (Fsp3) is 0.882. The van der Waals surface area contributed by atoms with E-state index in [1.807, 2.05) is 0 Å². The molecule has 0 amide bonds. The topological polar surface area (TPSA) is 29.5 Å². The quantitative estimate of drug-likeness (QED) is 0.773. The third-order valence-corrected chi connectivity index (χ3v) is 5.66. The van der Waals surface area contributed by atoms with Crippen LogP contribution in [0.4, 0.5) is 0 Å². The van der Waals surface area contributed by atoms with E-state index in [4.69, 9.17) is 4.74 Å². The Balaban J connectivity index is 1.88. The third kappa shape index (κ3) is 2.38. The van der Waals surface area contributed by atoms with Gasteiger partial charge >= 0.3 is 0 Å². The standard InChI is InChI=1S/C17H28O2/c1-17(2,11-18)16-14-9-4-3-7-12(14)13-8-5-6-10-15(13)19-16/h3,7,12-16,18H,4-6,8-11H2,1-2H3. The summed E-state index contributed by atoms with van der Waals surface area (Å²) in [6, 6.07) is 0. The Kier molecular flexibility index (Phi) is 3.74. The summed E-state index contributed by atoms with van der Waals surface area (Å²) in [7, 11) is 0. The Morgan fingerprint density at radius 1 is 1.16 bits per heavy atom. The van der Waals surface area contributed by atoms with Gasteiger partial charge in [0, 0.05) is 5.41 Å². The van der Waals surface area contributed by atoms with E-state index in [1.54, 1.807) is 0 Å². The lowest BCUT2D eigenvalue weighted by Crippen LogP contribution is -2.54. The minimum atomic E-state index is -0.115. The Bertz CT molecular complexity index is 347. The van der Waals surface area contributed by atoms with Gasteiger partial charge in [0.2, 0.25) is 0 Å². The average Bonchev–Trinajstić information content (AvgIpc) is 2.46. The maximum absolute atomic E-state index is 9.73. The van der Waals surface area contributed by atoms with Crippen LogP contribution in [0.5, 0.6) is 0 Å². The minimum absolute atomic E-state index is 0.115. The smallest absolute Gasteiger partial charge is 0.0685 e. The lowest BCUT2D eigenvalue weighted by atomic mass is 9.62. The molecule has 5 unspecified atom stereocenters. The summed E-state index contributed by atoms with van der Waals surface area (Å²) in [5, 5.41) is 9.73. The van der Waals surface area contributed by atoms with Crippen molar-refractivity contribution in [3.63, 3.8) is 0 Å². The fourth-order valence-corrected chi connectivity index (χ4v) is 4.57. The van der Waals surface area contributed by atoms with Crippen LogP contribution in [0.3, 0.4) is 0 Å². The molecule has 2 heteroatoms. The van der Waals surface area contributed by atoms with E-state index >= 15 is 0 Å². The van der Waals surface area contributed by atoms with Crippen LogP contribution >= 0.6 is 0 Å². The molecule has 1 N–H and O–H groups in total. The first kappa shape index (κ1) is 13.6. The van der Waals surface area contributed by atoms with Crippen molar-refractivity contribution in [1.82, 2.24) is 0 Å². The van der Waals surface area contributed by atoms with Gasteiger partial charge in [-0.2, -0.15) is 0 Å². The van der Waals surface area contributed by atoms with Crippen molar-refractivity contribution in [2.45, 2.75) is 64.6 Å². The average molecular weight is 264 g/mol. The largest absolute Gasteiger partial charge is 0.396 e. The van der Waals surface area contributed by atoms with E-state index in [0.717, 1.165) is 5.92 Å². The van der Waals surface area contributed by atoms with E-state index in [2.05, 4.69) is 26.0 Å². The number of aliphatic hydroxyl groups is 1. The zero-order valence-electron chi connectivity index (χ0n) is 12.3. The van der Waals surface area contributed by atoms with Gasteiger partial charge in [-0.3, -0.25) is 0 Å². The zero-order chi connectivity index (χ0) is 13.5. The van der Waals surface area contributed by atoms with E-state index in [1.165, 1.54) is 38.5 Å². The second-order valence-corrected chi connectivity index (χ2v) is 7.44. The third-order valence-electron chi connectivity index (χ3n) is 5.66. The molecule has 0 bridgehead atoms. The summed E-state index contributed by atoms with van der Waals surface area (Å²) in [5.74, 6) is 2.05. The minimum Gasteiger partial charge on any atom is -0.396 e. The molecule has 19 heavy (non-hydrogen) atoms. The van der Waals surface area contributed by atoms with Crippen LogP contribution < -0.4 is 0 Å². The van der Waals surface area contributed by atoms with Gasteiger partial charge in [0.05, 0.1) is 18.8 Å². The molecule has 3 rings (SSSR count). The second-order valence-electron chi connectivity index (χ2n) is 7.44. The molecule has 0 radical (unpaired) electrons. The van der Waals surface area contributed by atoms with Gasteiger partial charge in [0.15, 0.2) is 0 Å². The second kappa shape index (κ2) is 5.21. The molecule has 1 saturated carbocycles. The number of allylic oxidation sites excluding steroid dienone is 2. The highest BCUT2D eigenvalue weighted by Crippen LogP contribution is 2.50. The highest BCUT2D eigenvalue weighted by atomic mass is 16.5. The molecule has 2 nitrogen and oxygen atoms in total. The zero-order valence-corrected chi connectivity index (χ0v) is 12.3. The molecule has 1 saturated heterocycles. The fourth-order valence-electron chi connectivity index (χ4n) is 4.57. The van der Waals surface area contributed by atoms with Crippen LogP contribution in [-0.4, -0.2) is 23.9 Å². The molecule has 2 fully saturated rings. The van der Waals surface area contributed by atoms with Gasteiger partial charge < -0.3 is 9.84 Å². The van der Waals surface area contributed by atoms with Crippen LogP contribution in [-0.2, 0) is 4.74 Å². The molecular weight excluding hydrogens is 236 g/mol. The van der Waals surface area contributed by atoms with Gasteiger partial charge in [-0.05, 0) is 43.4 Å². The predicted molar refractivity (Wildman–Crippen MR) is 76.8 cm³/mol. The monoisotopic (exact) mass is 264 g/mol. The molecule has 0 aromatic heterocycles. The van der Waals surface area contributed by atoms with Crippen LogP contribution in [0.15, 0.2) is 12.2 Å². The predicted octanol–water partition coefficient (Wildman–Crippen LogP) is 3.54. The Hall–Kier alpha value is -0.340. The summed E-state index contributed by atoms with van der Waals surface area (Å²) < 4.78 is 6.52. The highest BCUT2D eigenvalue weighted by molar-refractivity contribution is 5.08. The molecule has 108 valence electrons. The van der Waals surface area contributed by atoms with Gasteiger partial charge in [-0.25, -0.2) is 0 Å². The summed E-state index contributed by atoms with van der Waals surface area (Å²) in [4.78, 5) is 0. The van der Waals surface area contributed by atoms with Crippen LogP contribution in [0.1, 0.15) is 52.4 Å². The molecule has 2 aliphatic carbocycles. The molecule has 1 aliphatic heterocycles. The van der Waals surface area contributed by atoms with Crippen molar-refractivity contribution in [3.05, 3.63) is 12.2 Å². The number of aliphatic hydroxyl groups excluding tert-OH is 1. The molecule has 3 aliphatic rings. The van der Waals surface area contributed by atoms with Gasteiger partial charge in [0.1, 0.15) is 0 Å². The summed E-state index contributed by atoms with van der Waals surface area (Å²) in [5.41, 5.74) is -0.115. The van der Waals surface area contributed by atoms with Crippen molar-refractivity contribution in [1.29, 1.82) is 0 Å². The van der Waals surface area contributed by atoms with E-state index < -0.39 is 0 Å². The van der Waals surface area contributed by atoms with Gasteiger partial charge in [-0.15, -0.1) is 0 Å². The van der Waals surface area contributed by atoms with Crippen molar-refractivity contribution >= 4 is 0 Å². The summed E-state index contributed by atoms with van der Waals surface area (Å²) in [6.45, 7) is 4.55. The number of hydrogen-bond acceptors (Lipinski definition) is 2. The van der Waals surface area contributed by atoms with E-state index in [0.29, 0.717) is 17.9 Å². The Labute approximate surface area is 117 Å². The Morgan fingerprint density at radius 3 is 2.74 bits per heavy atom. The summed E-state index contributed by atoms with van der Waals surface area (Å²) >= 11 is 0. The van der Waals surface area contributed by atoms with Crippen molar-refractivity contribution in [3.8, 4) is 0 Å². The first-order chi connectivity index (χ1) is 9.13. The molecule has 0 spiro atoms. The van der Waals surface area contributed by atoms with Crippen LogP contribution in [0.25, 0.3) is 0 Å². The number of hydrogen-bond donors (Lipinski definition) is 1. The number of ether oxygens (including phenoxy) is 1. The van der Waals surface area contributed by atoms with Crippen molar-refractivity contribution in [2.75, 3.05) is 6.61 Å². The maximum Gasteiger partial charge on any atom is 0.0685 e. The lowest BCUT2D eigenvalue weighted by Gasteiger charge is -2.53. The first-order valence-corrected chi connectivity index (χ1v) is 8.06.